The van der Waals surface area contributed by atoms with Crippen LogP contribution in [0.1, 0.15) is 17.2 Å². The van der Waals surface area contributed by atoms with Gasteiger partial charge in [0.2, 0.25) is 0 Å². The standard InChI is InChI=1S/C15H14Cl2O2/c1-19-15-9-11(16)6-7-12(15)14(18)8-10-4-2-3-5-13(10)17/h2-7,9,14,18H,8H2,1H3. The number of hydrogen-bond acceptors (Lipinski definition) is 2. The molecular weight excluding hydrogens is 283 g/mol. The van der Waals surface area contributed by atoms with Gasteiger partial charge >= 0.3 is 0 Å². The van der Waals surface area contributed by atoms with Crippen molar-refractivity contribution in [3.8, 4) is 5.75 Å². The van der Waals surface area contributed by atoms with Gasteiger partial charge in [0.15, 0.2) is 0 Å². The van der Waals surface area contributed by atoms with E-state index in [1.807, 2.05) is 24.3 Å². The van der Waals surface area contributed by atoms with Crippen LogP contribution < -0.4 is 4.74 Å². The fraction of sp³-hybridized carbons (Fsp3) is 0.200. The Morgan fingerprint density at radius 1 is 1.16 bits per heavy atom. The normalized spacial score (nSPS) is 12.2. The molecule has 2 aromatic carbocycles. The first-order chi connectivity index (χ1) is 9.11. The maximum atomic E-state index is 10.3. The second-order valence-corrected chi connectivity index (χ2v) is 5.04. The molecule has 0 amide bonds. The molecule has 0 saturated carbocycles. The van der Waals surface area contributed by atoms with Crippen molar-refractivity contribution < 1.29 is 9.84 Å². The highest BCUT2D eigenvalue weighted by Crippen LogP contribution is 2.31. The van der Waals surface area contributed by atoms with E-state index < -0.39 is 6.10 Å². The van der Waals surface area contributed by atoms with Crippen LogP contribution in [0.15, 0.2) is 42.5 Å². The average molecular weight is 297 g/mol. The van der Waals surface area contributed by atoms with Gasteiger partial charge in [-0.1, -0.05) is 47.5 Å². The largest absolute Gasteiger partial charge is 0.496 e. The number of rotatable bonds is 4. The molecule has 19 heavy (non-hydrogen) atoms. The van der Waals surface area contributed by atoms with Crippen LogP contribution in [0.25, 0.3) is 0 Å². The summed E-state index contributed by atoms with van der Waals surface area (Å²) >= 11 is 12.0. The highest BCUT2D eigenvalue weighted by Gasteiger charge is 2.15. The summed E-state index contributed by atoms with van der Waals surface area (Å²) in [5, 5.41) is 11.5. The van der Waals surface area contributed by atoms with E-state index in [2.05, 4.69) is 0 Å². The second-order valence-electron chi connectivity index (χ2n) is 4.20. The van der Waals surface area contributed by atoms with Crippen LogP contribution in [0.5, 0.6) is 5.75 Å². The third-order valence-corrected chi connectivity index (χ3v) is 3.53. The molecule has 1 unspecified atom stereocenters. The first-order valence-corrected chi connectivity index (χ1v) is 6.62. The van der Waals surface area contributed by atoms with Crippen molar-refractivity contribution in [1.29, 1.82) is 0 Å². The van der Waals surface area contributed by atoms with Gasteiger partial charge in [-0.2, -0.15) is 0 Å². The Bertz CT molecular complexity index is 570. The lowest BCUT2D eigenvalue weighted by atomic mass is 10.0. The Kier molecular flexibility index (Phi) is 4.70. The van der Waals surface area contributed by atoms with E-state index in [1.54, 1.807) is 25.3 Å². The highest BCUT2D eigenvalue weighted by molar-refractivity contribution is 6.31. The van der Waals surface area contributed by atoms with Gasteiger partial charge in [0, 0.05) is 22.0 Å². The summed E-state index contributed by atoms with van der Waals surface area (Å²) in [5.74, 6) is 0.576. The second kappa shape index (κ2) is 6.29. The molecule has 2 rings (SSSR count). The molecule has 2 aromatic rings. The van der Waals surface area contributed by atoms with Gasteiger partial charge < -0.3 is 9.84 Å². The van der Waals surface area contributed by atoms with Gasteiger partial charge in [0.1, 0.15) is 5.75 Å². The summed E-state index contributed by atoms with van der Waals surface area (Å²) in [5.41, 5.74) is 1.60. The SMILES string of the molecule is COc1cc(Cl)ccc1C(O)Cc1ccccc1Cl. The first kappa shape index (κ1) is 14.2. The summed E-state index contributed by atoms with van der Waals surface area (Å²) in [4.78, 5) is 0. The maximum absolute atomic E-state index is 10.3. The molecule has 2 nitrogen and oxygen atoms in total. The molecule has 0 aliphatic heterocycles. The quantitative estimate of drug-likeness (QED) is 0.912. The number of ether oxygens (including phenoxy) is 1. The molecule has 0 spiro atoms. The molecule has 0 radical (unpaired) electrons. The van der Waals surface area contributed by atoms with Crippen molar-refractivity contribution in [1.82, 2.24) is 0 Å². The van der Waals surface area contributed by atoms with Gasteiger partial charge in [-0.25, -0.2) is 0 Å². The summed E-state index contributed by atoms with van der Waals surface area (Å²) in [6.45, 7) is 0. The van der Waals surface area contributed by atoms with Crippen molar-refractivity contribution in [3.05, 3.63) is 63.6 Å². The van der Waals surface area contributed by atoms with Gasteiger partial charge in [0.05, 0.1) is 13.2 Å². The predicted molar refractivity (Wildman–Crippen MR) is 78.1 cm³/mol. The molecule has 0 heterocycles. The fourth-order valence-corrected chi connectivity index (χ4v) is 2.32. The minimum absolute atomic E-state index is 0.428. The summed E-state index contributed by atoms with van der Waals surface area (Å²) in [6, 6.07) is 12.6. The zero-order valence-corrected chi connectivity index (χ0v) is 11.9. The van der Waals surface area contributed by atoms with Gasteiger partial charge in [-0.3, -0.25) is 0 Å². The monoisotopic (exact) mass is 296 g/mol. The molecule has 0 bridgehead atoms. The van der Waals surface area contributed by atoms with Crippen LogP contribution in [0.3, 0.4) is 0 Å². The first-order valence-electron chi connectivity index (χ1n) is 5.86. The minimum Gasteiger partial charge on any atom is -0.496 e. The third kappa shape index (κ3) is 3.41. The molecule has 0 fully saturated rings. The van der Waals surface area contributed by atoms with Crippen LogP contribution in [0.2, 0.25) is 10.0 Å². The summed E-state index contributed by atoms with van der Waals surface area (Å²) < 4.78 is 5.24. The van der Waals surface area contributed by atoms with Crippen LogP contribution >= 0.6 is 23.2 Å². The lowest BCUT2D eigenvalue weighted by Crippen LogP contribution is -2.04. The topological polar surface area (TPSA) is 29.5 Å². The maximum Gasteiger partial charge on any atom is 0.126 e. The van der Waals surface area contributed by atoms with E-state index in [-0.39, 0.29) is 0 Å². The Morgan fingerprint density at radius 3 is 2.58 bits per heavy atom. The van der Waals surface area contributed by atoms with E-state index in [9.17, 15) is 5.11 Å². The Labute approximate surface area is 122 Å². The summed E-state index contributed by atoms with van der Waals surface area (Å²) in [7, 11) is 1.55. The summed E-state index contributed by atoms with van der Waals surface area (Å²) in [6.07, 6.45) is -0.260. The molecule has 1 N–H and O–H groups in total. The molecule has 100 valence electrons. The number of hydrogen-bond donors (Lipinski definition) is 1. The number of aliphatic hydroxyl groups excluding tert-OH is 1. The molecule has 0 aliphatic rings. The molecule has 1 atom stereocenters. The van der Waals surface area contributed by atoms with Gasteiger partial charge in [-0.05, 0) is 23.8 Å². The van der Waals surface area contributed by atoms with Crippen molar-refractivity contribution >= 4 is 23.2 Å². The molecule has 0 aromatic heterocycles. The zero-order valence-electron chi connectivity index (χ0n) is 10.4. The fourth-order valence-electron chi connectivity index (χ4n) is 1.94. The minimum atomic E-state index is -0.688. The molecular formula is C15H14Cl2O2. The van der Waals surface area contributed by atoms with E-state index in [4.69, 9.17) is 27.9 Å². The van der Waals surface area contributed by atoms with Crippen molar-refractivity contribution in [3.63, 3.8) is 0 Å². The lowest BCUT2D eigenvalue weighted by molar-refractivity contribution is 0.174. The third-order valence-electron chi connectivity index (χ3n) is 2.93. The Balaban J connectivity index is 2.25. The Morgan fingerprint density at radius 2 is 1.89 bits per heavy atom. The van der Waals surface area contributed by atoms with Gasteiger partial charge in [-0.15, -0.1) is 0 Å². The van der Waals surface area contributed by atoms with E-state index >= 15 is 0 Å². The van der Waals surface area contributed by atoms with Crippen LogP contribution in [0, 0.1) is 0 Å². The smallest absolute Gasteiger partial charge is 0.126 e. The highest BCUT2D eigenvalue weighted by atomic mass is 35.5. The number of aliphatic hydroxyl groups is 1. The van der Waals surface area contributed by atoms with Crippen LogP contribution in [0.4, 0.5) is 0 Å². The molecule has 0 aliphatic carbocycles. The number of halogens is 2. The lowest BCUT2D eigenvalue weighted by Gasteiger charge is -2.15. The van der Waals surface area contributed by atoms with E-state index in [0.717, 1.165) is 5.56 Å². The van der Waals surface area contributed by atoms with Crippen molar-refractivity contribution in [2.24, 2.45) is 0 Å². The van der Waals surface area contributed by atoms with E-state index in [1.165, 1.54) is 0 Å². The zero-order chi connectivity index (χ0) is 13.8. The van der Waals surface area contributed by atoms with Crippen LogP contribution in [-0.4, -0.2) is 12.2 Å². The predicted octanol–water partition coefficient (Wildman–Crippen LogP) is 4.28. The van der Waals surface area contributed by atoms with Crippen molar-refractivity contribution in [2.75, 3.05) is 7.11 Å². The Hall–Kier alpha value is -1.22. The average Bonchev–Trinajstić information content (AvgIpc) is 2.41. The molecule has 0 saturated heterocycles. The van der Waals surface area contributed by atoms with Crippen LogP contribution in [-0.2, 0) is 6.42 Å². The van der Waals surface area contributed by atoms with Gasteiger partial charge in [0.25, 0.3) is 0 Å². The van der Waals surface area contributed by atoms with E-state index in [0.29, 0.717) is 27.8 Å². The molecule has 4 heteroatoms. The van der Waals surface area contributed by atoms with Crippen molar-refractivity contribution in [2.45, 2.75) is 12.5 Å². The number of methoxy groups -OCH3 is 1. The number of benzene rings is 2.